The lowest BCUT2D eigenvalue weighted by atomic mass is 9.83. The van der Waals surface area contributed by atoms with Crippen LogP contribution in [0.1, 0.15) is 25.0 Å². The van der Waals surface area contributed by atoms with Crippen molar-refractivity contribution in [3.63, 3.8) is 0 Å². The van der Waals surface area contributed by atoms with E-state index in [4.69, 9.17) is 19.9 Å². The summed E-state index contributed by atoms with van der Waals surface area (Å²) in [6, 6.07) is 41.8. The van der Waals surface area contributed by atoms with Crippen molar-refractivity contribution in [1.29, 1.82) is 0 Å². The molecule has 3 heterocycles. The van der Waals surface area contributed by atoms with E-state index in [1.54, 1.807) is 6.33 Å². The van der Waals surface area contributed by atoms with Gasteiger partial charge in [-0.3, -0.25) is 0 Å². The fraction of sp³-hybridized carbons (Fsp3) is 0.0750. The molecule has 0 amide bonds. The zero-order chi connectivity index (χ0) is 30.8. The van der Waals surface area contributed by atoms with Crippen molar-refractivity contribution in [2.45, 2.75) is 19.3 Å². The maximum Gasteiger partial charge on any atom is 0.164 e. The summed E-state index contributed by atoms with van der Waals surface area (Å²) in [5, 5.41) is 2.42. The number of hydrogen-bond acceptors (Lipinski definition) is 5. The van der Waals surface area contributed by atoms with Crippen LogP contribution in [-0.4, -0.2) is 29.5 Å². The quantitative estimate of drug-likeness (QED) is 0.204. The van der Waals surface area contributed by atoms with Gasteiger partial charge in [-0.25, -0.2) is 24.9 Å². The van der Waals surface area contributed by atoms with Gasteiger partial charge < -0.3 is 4.57 Å². The fourth-order valence-corrected chi connectivity index (χ4v) is 6.91. The smallest absolute Gasteiger partial charge is 0.164 e. The van der Waals surface area contributed by atoms with Crippen LogP contribution in [0.3, 0.4) is 0 Å². The second-order valence-corrected chi connectivity index (χ2v) is 12.2. The predicted octanol–water partition coefficient (Wildman–Crippen LogP) is 9.07. The van der Waals surface area contributed by atoms with Crippen molar-refractivity contribution in [3.8, 4) is 51.1 Å². The Bertz CT molecular complexity index is 2370. The molecule has 0 aliphatic heterocycles. The van der Waals surface area contributed by atoms with E-state index in [0.717, 1.165) is 44.7 Å². The molecule has 0 radical (unpaired) electrons. The summed E-state index contributed by atoms with van der Waals surface area (Å²) in [4.78, 5) is 23.9. The molecule has 9 rings (SSSR count). The van der Waals surface area contributed by atoms with Gasteiger partial charge in [-0.15, -0.1) is 0 Å². The summed E-state index contributed by atoms with van der Waals surface area (Å²) in [6.45, 7) is 4.52. The van der Waals surface area contributed by atoms with Crippen LogP contribution in [0.2, 0.25) is 0 Å². The van der Waals surface area contributed by atoms with Gasteiger partial charge in [0, 0.05) is 55.9 Å². The van der Waals surface area contributed by atoms with Crippen LogP contribution in [0, 0.1) is 0 Å². The van der Waals surface area contributed by atoms with Gasteiger partial charge in [0.05, 0.1) is 16.7 Å². The first-order valence-electron chi connectivity index (χ1n) is 15.4. The molecule has 0 bridgehead atoms. The number of hydrogen-bond donors (Lipinski definition) is 0. The molecule has 5 aromatic carbocycles. The maximum atomic E-state index is 4.94. The lowest BCUT2D eigenvalue weighted by Crippen LogP contribution is -2.15. The highest BCUT2D eigenvalue weighted by molar-refractivity contribution is 6.15. The van der Waals surface area contributed by atoms with E-state index in [9.17, 15) is 0 Å². The van der Waals surface area contributed by atoms with Crippen LogP contribution in [0.5, 0.6) is 0 Å². The topological polar surface area (TPSA) is 69.4 Å². The van der Waals surface area contributed by atoms with Crippen molar-refractivity contribution < 1.29 is 0 Å². The van der Waals surface area contributed by atoms with E-state index in [1.807, 2.05) is 66.9 Å². The van der Waals surface area contributed by atoms with Crippen molar-refractivity contribution in [2.24, 2.45) is 0 Å². The number of nitrogens with zero attached hydrogens (tertiary/aromatic N) is 6. The molecule has 218 valence electrons. The molecular weight excluding hydrogens is 564 g/mol. The first kappa shape index (κ1) is 26.4. The Morgan fingerprint density at radius 1 is 0.543 bits per heavy atom. The highest BCUT2D eigenvalue weighted by Gasteiger charge is 2.39. The van der Waals surface area contributed by atoms with Gasteiger partial charge in [0.25, 0.3) is 0 Å². The van der Waals surface area contributed by atoms with Crippen LogP contribution in [0.25, 0.3) is 72.9 Å². The summed E-state index contributed by atoms with van der Waals surface area (Å²) in [5.74, 6) is 1.93. The van der Waals surface area contributed by atoms with Crippen LogP contribution >= 0.6 is 0 Å². The van der Waals surface area contributed by atoms with Gasteiger partial charge in [0.15, 0.2) is 17.5 Å². The molecule has 0 N–H and O–H groups in total. The lowest BCUT2D eigenvalue weighted by Gasteiger charge is -2.20. The minimum absolute atomic E-state index is 0.198. The number of para-hydroxylation sites is 1. The normalized spacial score (nSPS) is 13.2. The molecule has 0 unspecified atom stereocenters. The zero-order valence-corrected chi connectivity index (χ0v) is 25.4. The zero-order valence-electron chi connectivity index (χ0n) is 25.4. The van der Waals surface area contributed by atoms with E-state index in [-0.39, 0.29) is 5.41 Å². The standard InChI is InChI=1S/C40H28N6/c1-40(2)31-22-21-30-29-15-9-10-16-33(29)46(36(30)34(31)35-32(40)23-41-24-42-35)28-19-17-27(18-20-28)39-44-37(25-11-5-3-6-12-25)43-38(45-39)26-13-7-4-8-14-26/h3-24H,1-2H3. The minimum Gasteiger partial charge on any atom is -0.309 e. The van der Waals surface area contributed by atoms with Crippen molar-refractivity contribution >= 4 is 21.8 Å². The van der Waals surface area contributed by atoms with Gasteiger partial charge >= 0.3 is 0 Å². The fourth-order valence-electron chi connectivity index (χ4n) is 6.91. The first-order valence-corrected chi connectivity index (χ1v) is 15.4. The molecule has 1 aliphatic rings. The van der Waals surface area contributed by atoms with Gasteiger partial charge in [-0.1, -0.05) is 105 Å². The molecule has 8 aromatic rings. The summed E-state index contributed by atoms with van der Waals surface area (Å²) in [7, 11) is 0. The third kappa shape index (κ3) is 3.93. The second-order valence-electron chi connectivity index (χ2n) is 12.2. The molecule has 6 heteroatoms. The predicted molar refractivity (Wildman–Crippen MR) is 184 cm³/mol. The Balaban J connectivity index is 1.24. The van der Waals surface area contributed by atoms with Crippen LogP contribution in [0.15, 0.2) is 134 Å². The molecule has 0 saturated heterocycles. The Labute approximate surface area is 266 Å². The minimum atomic E-state index is -0.198. The first-order chi connectivity index (χ1) is 22.6. The SMILES string of the molecule is CC1(C)c2cncnc2-c2c1ccc1c3ccccc3n(-c3ccc(-c4nc(-c5ccccc5)nc(-c5ccccc5)n4)cc3)c21. The molecule has 3 aromatic heterocycles. The van der Waals surface area contributed by atoms with Crippen molar-refractivity contribution in [1.82, 2.24) is 29.5 Å². The van der Waals surface area contributed by atoms with Gasteiger partial charge in [0.2, 0.25) is 0 Å². The second kappa shape index (κ2) is 10.0. The summed E-state index contributed by atoms with van der Waals surface area (Å²) in [6.07, 6.45) is 3.63. The third-order valence-corrected chi connectivity index (χ3v) is 9.22. The largest absolute Gasteiger partial charge is 0.309 e. The molecule has 6 nitrogen and oxygen atoms in total. The molecule has 0 atom stereocenters. The number of aromatic nitrogens is 6. The average molecular weight is 593 g/mol. The Hall–Kier alpha value is -6.01. The summed E-state index contributed by atoms with van der Waals surface area (Å²) in [5.41, 5.74) is 10.6. The van der Waals surface area contributed by atoms with Crippen molar-refractivity contribution in [2.75, 3.05) is 0 Å². The molecular formula is C40H28N6. The van der Waals surface area contributed by atoms with Gasteiger partial charge in [-0.2, -0.15) is 0 Å². The molecule has 0 spiro atoms. The monoisotopic (exact) mass is 592 g/mol. The number of rotatable bonds is 4. The average Bonchev–Trinajstić information content (AvgIpc) is 3.58. The van der Waals surface area contributed by atoms with E-state index < -0.39 is 0 Å². The highest BCUT2D eigenvalue weighted by atomic mass is 15.0. The maximum absolute atomic E-state index is 4.94. The van der Waals surface area contributed by atoms with E-state index in [0.29, 0.717) is 17.5 Å². The molecule has 46 heavy (non-hydrogen) atoms. The van der Waals surface area contributed by atoms with Crippen LogP contribution < -0.4 is 0 Å². The Kier molecular flexibility index (Phi) is 5.74. The molecule has 1 aliphatic carbocycles. The Morgan fingerprint density at radius 2 is 1.13 bits per heavy atom. The Morgan fingerprint density at radius 3 is 1.78 bits per heavy atom. The number of fused-ring (bicyclic) bond motifs is 7. The molecule has 0 fully saturated rings. The summed E-state index contributed by atoms with van der Waals surface area (Å²) < 4.78 is 2.37. The van der Waals surface area contributed by atoms with Crippen molar-refractivity contribution in [3.05, 3.63) is 145 Å². The van der Waals surface area contributed by atoms with E-state index in [1.165, 1.54) is 21.9 Å². The molecule has 0 saturated carbocycles. The van der Waals surface area contributed by atoms with E-state index >= 15 is 0 Å². The van der Waals surface area contributed by atoms with Gasteiger partial charge in [-0.05, 0) is 35.9 Å². The van der Waals surface area contributed by atoms with Gasteiger partial charge in [0.1, 0.15) is 6.33 Å². The highest BCUT2D eigenvalue weighted by Crippen LogP contribution is 2.51. The summed E-state index contributed by atoms with van der Waals surface area (Å²) >= 11 is 0. The van der Waals surface area contributed by atoms with E-state index in [2.05, 4.69) is 84.1 Å². The van der Waals surface area contributed by atoms with Crippen LogP contribution in [0.4, 0.5) is 0 Å². The number of benzene rings is 5. The third-order valence-electron chi connectivity index (χ3n) is 9.22. The van der Waals surface area contributed by atoms with Crippen LogP contribution in [-0.2, 0) is 5.41 Å². The lowest BCUT2D eigenvalue weighted by molar-refractivity contribution is 0.655.